The SMILES string of the molecule is CCSCC1C(C)=NOC1C. The minimum absolute atomic E-state index is 0.286. The van der Waals surface area contributed by atoms with E-state index in [1.54, 1.807) is 0 Å². The number of nitrogens with zero attached hydrogens (tertiary/aromatic N) is 1. The Bertz CT molecular complexity index is 158. The first kappa shape index (κ1) is 8.91. The summed E-state index contributed by atoms with van der Waals surface area (Å²) in [6.07, 6.45) is 0.286. The molecule has 0 aromatic rings. The molecule has 0 spiro atoms. The molecule has 1 aliphatic rings. The lowest BCUT2D eigenvalue weighted by molar-refractivity contribution is 0.0809. The van der Waals surface area contributed by atoms with Gasteiger partial charge >= 0.3 is 0 Å². The summed E-state index contributed by atoms with van der Waals surface area (Å²) in [6.45, 7) is 6.31. The lowest BCUT2D eigenvalue weighted by Gasteiger charge is -2.11. The van der Waals surface area contributed by atoms with E-state index in [4.69, 9.17) is 4.84 Å². The van der Waals surface area contributed by atoms with Crippen molar-refractivity contribution in [3.05, 3.63) is 0 Å². The number of hydrogen-bond donors (Lipinski definition) is 0. The van der Waals surface area contributed by atoms with Gasteiger partial charge in [-0.1, -0.05) is 12.1 Å². The van der Waals surface area contributed by atoms with Crippen LogP contribution in [0, 0.1) is 5.92 Å². The highest BCUT2D eigenvalue weighted by Crippen LogP contribution is 2.21. The van der Waals surface area contributed by atoms with E-state index < -0.39 is 0 Å². The average Bonchev–Trinajstić information content (AvgIpc) is 2.29. The lowest BCUT2D eigenvalue weighted by atomic mass is 10.0. The Hall–Kier alpha value is -0.180. The quantitative estimate of drug-likeness (QED) is 0.652. The number of thioether (sulfide) groups is 1. The largest absolute Gasteiger partial charge is 0.392 e. The fourth-order valence-corrected chi connectivity index (χ4v) is 2.15. The van der Waals surface area contributed by atoms with Gasteiger partial charge in [-0.25, -0.2) is 0 Å². The van der Waals surface area contributed by atoms with Crippen molar-refractivity contribution in [1.82, 2.24) is 0 Å². The highest BCUT2D eigenvalue weighted by molar-refractivity contribution is 7.99. The van der Waals surface area contributed by atoms with E-state index in [0.717, 1.165) is 11.5 Å². The maximum absolute atomic E-state index is 5.15. The summed E-state index contributed by atoms with van der Waals surface area (Å²) in [6, 6.07) is 0. The van der Waals surface area contributed by atoms with Gasteiger partial charge in [0.15, 0.2) is 0 Å². The van der Waals surface area contributed by atoms with Crippen molar-refractivity contribution < 1.29 is 4.84 Å². The van der Waals surface area contributed by atoms with Crippen LogP contribution in [0.4, 0.5) is 0 Å². The molecule has 0 saturated heterocycles. The standard InChI is InChI=1S/C8H15NOS/c1-4-11-5-8-6(2)9-10-7(8)3/h7-8H,4-5H2,1-3H3. The van der Waals surface area contributed by atoms with Crippen molar-refractivity contribution in [2.45, 2.75) is 26.9 Å². The highest BCUT2D eigenvalue weighted by Gasteiger charge is 2.26. The minimum atomic E-state index is 0.286. The van der Waals surface area contributed by atoms with Crippen molar-refractivity contribution in [3.8, 4) is 0 Å². The van der Waals surface area contributed by atoms with E-state index in [2.05, 4.69) is 19.0 Å². The predicted octanol–water partition coefficient (Wildman–Crippen LogP) is 2.15. The van der Waals surface area contributed by atoms with Gasteiger partial charge in [-0.05, 0) is 19.6 Å². The van der Waals surface area contributed by atoms with Crippen LogP contribution in [0.2, 0.25) is 0 Å². The minimum Gasteiger partial charge on any atom is -0.392 e. The van der Waals surface area contributed by atoms with Gasteiger partial charge in [0.25, 0.3) is 0 Å². The van der Waals surface area contributed by atoms with Crippen molar-refractivity contribution in [2.75, 3.05) is 11.5 Å². The molecule has 0 aromatic carbocycles. The number of oxime groups is 1. The Labute approximate surface area is 72.4 Å². The molecule has 1 rings (SSSR count). The van der Waals surface area contributed by atoms with E-state index in [1.807, 2.05) is 18.7 Å². The van der Waals surface area contributed by atoms with E-state index in [1.165, 1.54) is 5.75 Å². The predicted molar refractivity (Wildman–Crippen MR) is 50.1 cm³/mol. The molecule has 2 nitrogen and oxygen atoms in total. The van der Waals surface area contributed by atoms with Crippen LogP contribution in [0.1, 0.15) is 20.8 Å². The smallest absolute Gasteiger partial charge is 0.133 e. The monoisotopic (exact) mass is 173 g/mol. The zero-order valence-electron chi connectivity index (χ0n) is 7.33. The van der Waals surface area contributed by atoms with Gasteiger partial charge in [0.1, 0.15) is 6.10 Å². The molecular weight excluding hydrogens is 158 g/mol. The van der Waals surface area contributed by atoms with Crippen molar-refractivity contribution in [2.24, 2.45) is 11.1 Å². The lowest BCUT2D eigenvalue weighted by Crippen LogP contribution is -2.21. The first-order valence-electron chi connectivity index (χ1n) is 4.03. The molecule has 11 heavy (non-hydrogen) atoms. The molecule has 0 radical (unpaired) electrons. The molecule has 0 fully saturated rings. The van der Waals surface area contributed by atoms with Gasteiger partial charge in [-0.15, -0.1) is 0 Å². The molecule has 0 saturated carbocycles. The van der Waals surface area contributed by atoms with Gasteiger partial charge in [0.2, 0.25) is 0 Å². The van der Waals surface area contributed by atoms with Gasteiger partial charge in [-0.2, -0.15) is 11.8 Å². The molecular formula is C8H15NOS. The van der Waals surface area contributed by atoms with Crippen LogP contribution in [-0.2, 0) is 4.84 Å². The van der Waals surface area contributed by atoms with Crippen LogP contribution in [0.5, 0.6) is 0 Å². The van der Waals surface area contributed by atoms with E-state index in [-0.39, 0.29) is 6.10 Å². The second-order valence-corrected chi connectivity index (χ2v) is 4.13. The van der Waals surface area contributed by atoms with Crippen molar-refractivity contribution >= 4 is 17.5 Å². The summed E-state index contributed by atoms with van der Waals surface area (Å²) in [4.78, 5) is 5.15. The molecule has 1 heterocycles. The summed E-state index contributed by atoms with van der Waals surface area (Å²) in [5.41, 5.74) is 1.15. The van der Waals surface area contributed by atoms with Crippen LogP contribution >= 0.6 is 11.8 Å². The van der Waals surface area contributed by atoms with E-state index in [9.17, 15) is 0 Å². The van der Waals surface area contributed by atoms with Crippen LogP contribution < -0.4 is 0 Å². The Balaban J connectivity index is 2.36. The zero-order valence-corrected chi connectivity index (χ0v) is 8.15. The third-order valence-corrected chi connectivity index (χ3v) is 2.97. The molecule has 0 aromatic heterocycles. The normalized spacial score (nSPS) is 29.9. The number of hydrogen-bond acceptors (Lipinski definition) is 3. The molecule has 0 aliphatic carbocycles. The number of rotatable bonds is 3. The van der Waals surface area contributed by atoms with Crippen LogP contribution in [-0.4, -0.2) is 23.3 Å². The fraction of sp³-hybridized carbons (Fsp3) is 0.875. The molecule has 0 amide bonds. The Morgan fingerprint density at radius 2 is 2.36 bits per heavy atom. The molecule has 1 aliphatic heterocycles. The first-order valence-corrected chi connectivity index (χ1v) is 5.19. The Morgan fingerprint density at radius 1 is 1.64 bits per heavy atom. The second-order valence-electron chi connectivity index (χ2n) is 2.81. The third-order valence-electron chi connectivity index (χ3n) is 1.97. The first-order chi connectivity index (χ1) is 5.25. The summed E-state index contributed by atoms with van der Waals surface area (Å²) < 4.78 is 0. The molecule has 2 unspecified atom stereocenters. The maximum Gasteiger partial charge on any atom is 0.133 e. The molecule has 2 atom stereocenters. The van der Waals surface area contributed by atoms with Gasteiger partial charge < -0.3 is 4.84 Å². The molecule has 0 bridgehead atoms. The van der Waals surface area contributed by atoms with Gasteiger partial charge in [0.05, 0.1) is 5.71 Å². The summed E-state index contributed by atoms with van der Waals surface area (Å²) in [5.74, 6) is 2.86. The van der Waals surface area contributed by atoms with Crippen LogP contribution in [0.15, 0.2) is 5.16 Å². The Kier molecular flexibility index (Phi) is 3.24. The summed E-state index contributed by atoms with van der Waals surface area (Å²) >= 11 is 1.95. The zero-order chi connectivity index (χ0) is 8.27. The van der Waals surface area contributed by atoms with Gasteiger partial charge in [0, 0.05) is 11.7 Å². The topological polar surface area (TPSA) is 21.6 Å². The second kappa shape index (κ2) is 4.00. The van der Waals surface area contributed by atoms with Crippen LogP contribution in [0.3, 0.4) is 0 Å². The van der Waals surface area contributed by atoms with Crippen LogP contribution in [0.25, 0.3) is 0 Å². The average molecular weight is 173 g/mol. The van der Waals surface area contributed by atoms with Crippen molar-refractivity contribution in [3.63, 3.8) is 0 Å². The molecule has 0 N–H and O–H groups in total. The maximum atomic E-state index is 5.15. The molecule has 64 valence electrons. The Morgan fingerprint density at radius 3 is 2.82 bits per heavy atom. The van der Waals surface area contributed by atoms with Gasteiger partial charge in [-0.3, -0.25) is 0 Å². The van der Waals surface area contributed by atoms with E-state index in [0.29, 0.717) is 5.92 Å². The molecule has 3 heteroatoms. The fourth-order valence-electron chi connectivity index (χ4n) is 1.15. The summed E-state index contributed by atoms with van der Waals surface area (Å²) in [5, 5.41) is 3.95. The van der Waals surface area contributed by atoms with E-state index >= 15 is 0 Å². The third kappa shape index (κ3) is 2.12. The highest BCUT2D eigenvalue weighted by atomic mass is 32.2. The summed E-state index contributed by atoms with van der Waals surface area (Å²) in [7, 11) is 0. The van der Waals surface area contributed by atoms with Crippen molar-refractivity contribution in [1.29, 1.82) is 0 Å².